The number of nitrogens with zero attached hydrogens (tertiary/aromatic N) is 3. The van der Waals surface area contributed by atoms with Crippen molar-refractivity contribution in [3.05, 3.63) is 29.6 Å². The smallest absolute Gasteiger partial charge is 0.409 e. The van der Waals surface area contributed by atoms with Gasteiger partial charge in [-0.25, -0.2) is 14.2 Å². The van der Waals surface area contributed by atoms with E-state index in [2.05, 4.69) is 15.6 Å². The number of likely N-dealkylation sites (tertiary alicyclic amines) is 1. The van der Waals surface area contributed by atoms with Gasteiger partial charge in [0.25, 0.3) is 0 Å². The van der Waals surface area contributed by atoms with E-state index in [1.807, 2.05) is 37.8 Å². The average Bonchev–Trinajstić information content (AvgIpc) is 2.74. The molecule has 1 aliphatic heterocycles. The molecule has 0 unspecified atom stereocenters. The number of carbonyl (C=O) groups is 1. The van der Waals surface area contributed by atoms with Gasteiger partial charge in [-0.3, -0.25) is 0 Å². The molecule has 0 atom stereocenters. The first-order chi connectivity index (χ1) is 14.0. The molecule has 8 heteroatoms. The summed E-state index contributed by atoms with van der Waals surface area (Å²) in [6.45, 7) is 10.0. The van der Waals surface area contributed by atoms with Crippen LogP contribution in [-0.2, 0) is 11.3 Å². The second-order valence-electron chi connectivity index (χ2n) is 7.03. The van der Waals surface area contributed by atoms with Crippen molar-refractivity contribution in [3.8, 4) is 0 Å². The molecular formula is C21H34FN5O2. The SMILES string of the molecule is CCNC(=NCc1ccc(N(CC)CC)c(F)c1)NC1CCN(C(=O)OC)CC1. The molecule has 2 rings (SSSR count). The molecule has 1 aliphatic rings. The maximum absolute atomic E-state index is 14.5. The van der Waals surface area contributed by atoms with E-state index in [0.29, 0.717) is 31.3 Å². The largest absolute Gasteiger partial charge is 0.453 e. The quantitative estimate of drug-likeness (QED) is 0.537. The van der Waals surface area contributed by atoms with Gasteiger partial charge in [0, 0.05) is 38.8 Å². The van der Waals surface area contributed by atoms with Gasteiger partial charge in [-0.2, -0.15) is 0 Å². The van der Waals surface area contributed by atoms with E-state index in [9.17, 15) is 9.18 Å². The number of hydrogen-bond acceptors (Lipinski definition) is 4. The zero-order chi connectivity index (χ0) is 21.2. The number of piperidine rings is 1. The monoisotopic (exact) mass is 407 g/mol. The summed E-state index contributed by atoms with van der Waals surface area (Å²) >= 11 is 0. The molecule has 2 N–H and O–H groups in total. The van der Waals surface area contributed by atoms with Gasteiger partial charge in [0.05, 0.1) is 19.3 Å². The maximum Gasteiger partial charge on any atom is 0.409 e. The van der Waals surface area contributed by atoms with Crippen LogP contribution in [0.15, 0.2) is 23.2 Å². The summed E-state index contributed by atoms with van der Waals surface area (Å²) in [5.74, 6) is 0.492. The maximum atomic E-state index is 14.5. The van der Waals surface area contributed by atoms with E-state index in [0.717, 1.165) is 38.0 Å². The third-order valence-electron chi connectivity index (χ3n) is 5.15. The van der Waals surface area contributed by atoms with Crippen molar-refractivity contribution in [3.63, 3.8) is 0 Å². The van der Waals surface area contributed by atoms with Crippen LogP contribution in [0.1, 0.15) is 39.2 Å². The van der Waals surface area contributed by atoms with Crippen molar-refractivity contribution in [2.24, 2.45) is 4.99 Å². The number of nitrogens with one attached hydrogen (secondary N) is 2. The highest BCUT2D eigenvalue weighted by molar-refractivity contribution is 5.80. The minimum absolute atomic E-state index is 0.213. The fourth-order valence-electron chi connectivity index (χ4n) is 3.49. The summed E-state index contributed by atoms with van der Waals surface area (Å²) in [5, 5.41) is 6.66. The summed E-state index contributed by atoms with van der Waals surface area (Å²) in [4.78, 5) is 19.9. The summed E-state index contributed by atoms with van der Waals surface area (Å²) in [6.07, 6.45) is 1.37. The Morgan fingerprint density at radius 3 is 2.52 bits per heavy atom. The number of ether oxygens (including phenoxy) is 1. The number of rotatable bonds is 7. The van der Waals surface area contributed by atoms with Crippen molar-refractivity contribution < 1.29 is 13.9 Å². The molecule has 1 fully saturated rings. The van der Waals surface area contributed by atoms with Crippen molar-refractivity contribution in [1.82, 2.24) is 15.5 Å². The summed E-state index contributed by atoms with van der Waals surface area (Å²) in [6, 6.07) is 5.56. The highest BCUT2D eigenvalue weighted by Gasteiger charge is 2.23. The first kappa shape index (κ1) is 22.8. The van der Waals surface area contributed by atoms with E-state index in [1.54, 1.807) is 11.0 Å². The van der Waals surface area contributed by atoms with Crippen molar-refractivity contribution in [2.45, 2.75) is 46.2 Å². The van der Waals surface area contributed by atoms with Gasteiger partial charge < -0.3 is 25.2 Å². The Morgan fingerprint density at radius 2 is 1.97 bits per heavy atom. The molecule has 1 aromatic rings. The molecule has 0 aliphatic carbocycles. The van der Waals surface area contributed by atoms with E-state index in [1.165, 1.54) is 7.11 Å². The van der Waals surface area contributed by atoms with Gasteiger partial charge >= 0.3 is 6.09 Å². The second-order valence-corrected chi connectivity index (χ2v) is 7.03. The van der Waals surface area contributed by atoms with Crippen LogP contribution >= 0.6 is 0 Å². The average molecular weight is 408 g/mol. The van der Waals surface area contributed by atoms with E-state index < -0.39 is 0 Å². The molecule has 0 radical (unpaired) electrons. The minimum atomic E-state index is -0.279. The zero-order valence-electron chi connectivity index (χ0n) is 18.0. The van der Waals surface area contributed by atoms with Crippen molar-refractivity contribution >= 4 is 17.7 Å². The minimum Gasteiger partial charge on any atom is -0.453 e. The van der Waals surface area contributed by atoms with Crippen molar-refractivity contribution in [2.75, 3.05) is 44.7 Å². The zero-order valence-corrected chi connectivity index (χ0v) is 18.0. The van der Waals surface area contributed by atoms with Crippen LogP contribution in [0.2, 0.25) is 0 Å². The number of methoxy groups -OCH3 is 1. The number of halogens is 1. The van der Waals surface area contributed by atoms with E-state index >= 15 is 0 Å². The van der Waals surface area contributed by atoms with Crippen LogP contribution in [0.4, 0.5) is 14.9 Å². The highest BCUT2D eigenvalue weighted by atomic mass is 19.1. The first-order valence-electron chi connectivity index (χ1n) is 10.4. The number of carbonyl (C=O) groups excluding carboxylic acids is 1. The van der Waals surface area contributed by atoms with E-state index in [-0.39, 0.29) is 18.0 Å². The topological polar surface area (TPSA) is 69.2 Å². The van der Waals surface area contributed by atoms with Gasteiger partial charge in [0.15, 0.2) is 5.96 Å². The lowest BCUT2D eigenvalue weighted by Gasteiger charge is -2.32. The van der Waals surface area contributed by atoms with Crippen LogP contribution in [0.3, 0.4) is 0 Å². The molecule has 1 aromatic carbocycles. The Bertz CT molecular complexity index is 686. The van der Waals surface area contributed by atoms with Gasteiger partial charge in [0.2, 0.25) is 0 Å². The number of guanidine groups is 1. The molecule has 1 saturated heterocycles. The van der Waals surface area contributed by atoms with Gasteiger partial charge in [-0.1, -0.05) is 6.07 Å². The Kier molecular flexibility index (Phi) is 9.02. The number of benzene rings is 1. The normalized spacial score (nSPS) is 15.2. The predicted octanol–water partition coefficient (Wildman–Crippen LogP) is 2.96. The van der Waals surface area contributed by atoms with Crippen molar-refractivity contribution in [1.29, 1.82) is 0 Å². The standard InChI is InChI=1S/C21H34FN5O2/c1-5-23-20(25-17-10-12-27(13-11-17)21(28)29-4)24-15-16-8-9-19(18(22)14-16)26(6-2)7-3/h8-9,14,17H,5-7,10-13,15H2,1-4H3,(H2,23,24,25). The first-order valence-corrected chi connectivity index (χ1v) is 10.4. The lowest BCUT2D eigenvalue weighted by atomic mass is 10.1. The summed E-state index contributed by atoms with van der Waals surface area (Å²) in [7, 11) is 1.40. The number of amides is 1. The van der Waals surface area contributed by atoms with Gasteiger partial charge in [-0.15, -0.1) is 0 Å². The Labute approximate surface area is 173 Å². The van der Waals surface area contributed by atoms with Gasteiger partial charge in [-0.05, 0) is 51.3 Å². The predicted molar refractivity (Wildman–Crippen MR) is 115 cm³/mol. The molecular weight excluding hydrogens is 373 g/mol. The lowest BCUT2D eigenvalue weighted by Crippen LogP contribution is -2.49. The third-order valence-corrected chi connectivity index (χ3v) is 5.15. The molecule has 1 heterocycles. The fraction of sp³-hybridized carbons (Fsp3) is 0.619. The van der Waals surface area contributed by atoms with Crippen LogP contribution in [0.5, 0.6) is 0 Å². The molecule has 0 saturated carbocycles. The Hall–Kier alpha value is -2.51. The molecule has 1 amide bonds. The summed E-state index contributed by atoms with van der Waals surface area (Å²) < 4.78 is 19.3. The van der Waals surface area contributed by atoms with Crippen LogP contribution in [-0.4, -0.2) is 62.8 Å². The highest BCUT2D eigenvalue weighted by Crippen LogP contribution is 2.20. The summed E-state index contributed by atoms with van der Waals surface area (Å²) in [5.41, 5.74) is 1.46. The lowest BCUT2D eigenvalue weighted by molar-refractivity contribution is 0.111. The fourth-order valence-corrected chi connectivity index (χ4v) is 3.49. The number of hydrogen-bond donors (Lipinski definition) is 2. The second kappa shape index (κ2) is 11.5. The number of anilines is 1. The molecule has 162 valence electrons. The van der Waals surface area contributed by atoms with Crippen LogP contribution in [0, 0.1) is 5.82 Å². The Morgan fingerprint density at radius 1 is 1.28 bits per heavy atom. The van der Waals surface area contributed by atoms with Crippen LogP contribution < -0.4 is 15.5 Å². The molecule has 29 heavy (non-hydrogen) atoms. The van der Waals surface area contributed by atoms with Crippen LogP contribution in [0.25, 0.3) is 0 Å². The molecule has 0 bridgehead atoms. The number of aliphatic imine (C=N–C) groups is 1. The van der Waals surface area contributed by atoms with Gasteiger partial charge in [0.1, 0.15) is 5.82 Å². The Balaban J connectivity index is 1.97. The molecule has 0 spiro atoms. The van der Waals surface area contributed by atoms with E-state index in [4.69, 9.17) is 4.74 Å². The third kappa shape index (κ3) is 6.51. The molecule has 0 aromatic heterocycles. The molecule has 7 nitrogen and oxygen atoms in total.